The highest BCUT2D eigenvalue weighted by atomic mass is 35.5. The maximum atomic E-state index is 11.8. The predicted molar refractivity (Wildman–Crippen MR) is 127 cm³/mol. The Morgan fingerprint density at radius 1 is 1.30 bits per heavy atom. The SMILES string of the molecule is CC(C)(C)OC(=O)NCCOc1c(Cl)nc(Cl)nc1NC1CCc2[nH]c3cccnc3c2C1. The van der Waals surface area contributed by atoms with Crippen LogP contribution in [-0.2, 0) is 17.6 Å². The van der Waals surface area contributed by atoms with Crippen molar-refractivity contribution in [1.82, 2.24) is 25.3 Å². The van der Waals surface area contributed by atoms with E-state index in [1.54, 1.807) is 27.0 Å². The summed E-state index contributed by atoms with van der Waals surface area (Å²) < 4.78 is 11.0. The van der Waals surface area contributed by atoms with Crippen LogP contribution >= 0.6 is 23.2 Å². The number of alkyl carbamates (subject to hydrolysis) is 1. The van der Waals surface area contributed by atoms with Gasteiger partial charge in [-0.2, -0.15) is 4.98 Å². The number of anilines is 1. The van der Waals surface area contributed by atoms with Crippen molar-refractivity contribution in [3.8, 4) is 5.75 Å². The normalized spacial score (nSPS) is 15.7. The Morgan fingerprint density at radius 2 is 2.12 bits per heavy atom. The van der Waals surface area contributed by atoms with Crippen molar-refractivity contribution >= 4 is 46.1 Å². The molecule has 3 aromatic heterocycles. The van der Waals surface area contributed by atoms with Crippen LogP contribution in [0.3, 0.4) is 0 Å². The van der Waals surface area contributed by atoms with Gasteiger partial charge in [-0.25, -0.2) is 9.78 Å². The third kappa shape index (κ3) is 5.78. The molecule has 0 aliphatic heterocycles. The highest BCUT2D eigenvalue weighted by Gasteiger charge is 2.25. The fourth-order valence-corrected chi connectivity index (χ4v) is 4.22. The van der Waals surface area contributed by atoms with Crippen molar-refractivity contribution in [3.05, 3.63) is 40.0 Å². The van der Waals surface area contributed by atoms with Crippen LogP contribution in [0.4, 0.5) is 10.6 Å². The molecule has 0 fully saturated rings. The van der Waals surface area contributed by atoms with Crippen LogP contribution in [0.15, 0.2) is 18.3 Å². The second-order valence-electron chi connectivity index (χ2n) is 8.80. The number of pyridine rings is 1. The van der Waals surface area contributed by atoms with Gasteiger partial charge in [0.2, 0.25) is 5.28 Å². The van der Waals surface area contributed by atoms with Gasteiger partial charge in [-0.05, 0) is 63.8 Å². The van der Waals surface area contributed by atoms with Crippen LogP contribution in [0.25, 0.3) is 11.0 Å². The molecule has 3 aromatic rings. The van der Waals surface area contributed by atoms with E-state index in [0.29, 0.717) is 5.82 Å². The minimum atomic E-state index is -0.574. The molecule has 0 saturated heterocycles. The number of aryl methyl sites for hydroxylation is 1. The first-order valence-electron chi connectivity index (χ1n) is 10.7. The van der Waals surface area contributed by atoms with Gasteiger partial charge in [0.15, 0.2) is 16.7 Å². The number of carbonyl (C=O) groups excluding carboxylic acids is 1. The Morgan fingerprint density at radius 3 is 2.91 bits per heavy atom. The molecule has 1 aliphatic carbocycles. The highest BCUT2D eigenvalue weighted by Crippen LogP contribution is 2.34. The first kappa shape index (κ1) is 23.4. The number of amides is 1. The van der Waals surface area contributed by atoms with Crippen LogP contribution in [0.5, 0.6) is 5.75 Å². The lowest BCUT2D eigenvalue weighted by molar-refractivity contribution is 0.0520. The van der Waals surface area contributed by atoms with Gasteiger partial charge in [-0.3, -0.25) is 4.98 Å². The van der Waals surface area contributed by atoms with E-state index in [2.05, 4.69) is 30.6 Å². The molecule has 0 spiro atoms. The second-order valence-corrected chi connectivity index (χ2v) is 9.50. The van der Waals surface area contributed by atoms with Gasteiger partial charge in [0.25, 0.3) is 0 Å². The van der Waals surface area contributed by atoms with Crippen LogP contribution in [0, 0.1) is 0 Å². The number of aromatic amines is 1. The molecule has 4 rings (SSSR count). The Balaban J connectivity index is 1.42. The van der Waals surface area contributed by atoms with Crippen molar-refractivity contribution in [3.63, 3.8) is 0 Å². The van der Waals surface area contributed by atoms with Crippen LogP contribution in [0.1, 0.15) is 38.4 Å². The first-order valence-corrected chi connectivity index (χ1v) is 11.5. The van der Waals surface area contributed by atoms with Gasteiger partial charge in [0.05, 0.1) is 17.6 Å². The number of hydrogen-bond acceptors (Lipinski definition) is 7. The standard InChI is InChI=1S/C22H26Cl2N6O3/c1-22(2,3)33-21(31)26-9-10-32-17-18(23)29-20(24)30-19(17)27-12-6-7-14-13(11-12)16-15(28-14)5-4-8-25-16/h4-5,8,12,28H,6-7,9-11H2,1-3H3,(H,26,31)(H,27,29,30). The predicted octanol–water partition coefficient (Wildman–Crippen LogP) is 4.53. The summed E-state index contributed by atoms with van der Waals surface area (Å²) in [7, 11) is 0. The average Bonchev–Trinajstić information content (AvgIpc) is 3.09. The summed E-state index contributed by atoms with van der Waals surface area (Å²) in [6.07, 6.45) is 3.82. The smallest absolute Gasteiger partial charge is 0.407 e. The summed E-state index contributed by atoms with van der Waals surface area (Å²) >= 11 is 12.4. The number of H-pyrrole nitrogens is 1. The summed E-state index contributed by atoms with van der Waals surface area (Å²) in [5, 5.41) is 6.17. The number of carbonyl (C=O) groups is 1. The third-order valence-corrected chi connectivity index (χ3v) is 5.52. The molecular formula is C22H26Cl2N6O3. The van der Waals surface area contributed by atoms with E-state index in [-0.39, 0.29) is 35.4 Å². The van der Waals surface area contributed by atoms with Gasteiger partial charge in [-0.1, -0.05) is 11.6 Å². The molecule has 9 nitrogen and oxygen atoms in total. The molecule has 0 radical (unpaired) electrons. The molecular weight excluding hydrogens is 467 g/mol. The van der Waals surface area contributed by atoms with Crippen molar-refractivity contribution in [2.45, 2.75) is 51.7 Å². The van der Waals surface area contributed by atoms with Crippen LogP contribution in [-0.4, -0.2) is 50.8 Å². The largest absolute Gasteiger partial charge is 0.485 e. The topological polar surface area (TPSA) is 114 Å². The summed E-state index contributed by atoms with van der Waals surface area (Å²) in [6, 6.07) is 4.04. The fourth-order valence-electron chi connectivity index (χ4n) is 3.79. The van der Waals surface area contributed by atoms with E-state index in [4.69, 9.17) is 32.7 Å². The van der Waals surface area contributed by atoms with E-state index in [1.807, 2.05) is 12.1 Å². The summed E-state index contributed by atoms with van der Waals surface area (Å²) in [6.45, 7) is 5.77. The Bertz CT molecular complexity index is 1160. The summed E-state index contributed by atoms with van der Waals surface area (Å²) in [5.41, 5.74) is 3.87. The lowest BCUT2D eigenvalue weighted by atomic mass is 9.92. The number of fused-ring (bicyclic) bond motifs is 3. The minimum Gasteiger partial charge on any atom is -0.485 e. The van der Waals surface area contributed by atoms with E-state index in [0.717, 1.165) is 30.3 Å². The number of aromatic nitrogens is 4. The maximum Gasteiger partial charge on any atom is 0.407 e. The number of rotatable bonds is 6. The Kier molecular flexibility index (Phi) is 6.81. The van der Waals surface area contributed by atoms with E-state index in [9.17, 15) is 4.79 Å². The zero-order chi connectivity index (χ0) is 23.6. The van der Waals surface area contributed by atoms with Gasteiger partial charge in [-0.15, -0.1) is 0 Å². The average molecular weight is 493 g/mol. The van der Waals surface area contributed by atoms with E-state index in [1.165, 1.54) is 11.3 Å². The molecule has 33 heavy (non-hydrogen) atoms. The molecule has 3 N–H and O–H groups in total. The number of nitrogens with zero attached hydrogens (tertiary/aromatic N) is 3. The lowest BCUT2D eigenvalue weighted by Crippen LogP contribution is -2.34. The highest BCUT2D eigenvalue weighted by molar-refractivity contribution is 6.33. The van der Waals surface area contributed by atoms with Gasteiger partial charge >= 0.3 is 6.09 Å². The van der Waals surface area contributed by atoms with Crippen molar-refractivity contribution in [2.75, 3.05) is 18.5 Å². The molecule has 176 valence electrons. The molecule has 1 amide bonds. The number of halogens is 2. The third-order valence-electron chi connectivity index (χ3n) is 5.09. The van der Waals surface area contributed by atoms with Gasteiger partial charge in [0.1, 0.15) is 12.2 Å². The van der Waals surface area contributed by atoms with Crippen LogP contribution < -0.4 is 15.4 Å². The van der Waals surface area contributed by atoms with Crippen LogP contribution in [0.2, 0.25) is 10.4 Å². The second kappa shape index (κ2) is 9.61. The zero-order valence-electron chi connectivity index (χ0n) is 18.7. The fraction of sp³-hybridized carbons (Fsp3) is 0.455. The van der Waals surface area contributed by atoms with Crippen molar-refractivity contribution < 1.29 is 14.3 Å². The molecule has 0 bridgehead atoms. The first-order chi connectivity index (χ1) is 15.7. The summed E-state index contributed by atoms with van der Waals surface area (Å²) in [4.78, 5) is 28.1. The van der Waals surface area contributed by atoms with E-state index >= 15 is 0 Å². The minimum absolute atomic E-state index is 0.0204. The van der Waals surface area contributed by atoms with Gasteiger partial charge in [0, 0.05) is 23.5 Å². The molecule has 1 aliphatic rings. The number of ether oxygens (including phenoxy) is 2. The molecule has 1 unspecified atom stereocenters. The molecule has 11 heteroatoms. The Labute approximate surface area is 201 Å². The quantitative estimate of drug-likeness (QED) is 0.263. The van der Waals surface area contributed by atoms with Gasteiger partial charge < -0.3 is 25.1 Å². The maximum absolute atomic E-state index is 11.8. The molecule has 1 atom stereocenters. The molecule has 0 saturated carbocycles. The Hall–Kier alpha value is -2.78. The molecule has 0 aromatic carbocycles. The summed E-state index contributed by atoms with van der Waals surface area (Å²) in [5.74, 6) is 0.702. The van der Waals surface area contributed by atoms with Crippen molar-refractivity contribution in [2.24, 2.45) is 0 Å². The number of nitrogens with one attached hydrogen (secondary N) is 3. The van der Waals surface area contributed by atoms with E-state index < -0.39 is 11.7 Å². The zero-order valence-corrected chi connectivity index (χ0v) is 20.2. The monoisotopic (exact) mass is 492 g/mol. The number of hydrogen-bond donors (Lipinski definition) is 3. The van der Waals surface area contributed by atoms with Crippen molar-refractivity contribution in [1.29, 1.82) is 0 Å². The lowest BCUT2D eigenvalue weighted by Gasteiger charge is -2.25. The molecule has 3 heterocycles.